The molecule has 2 saturated heterocycles. The molecule has 60 heavy (non-hydrogen) atoms. The standard InChI is InChI=1S/C38H43BrFN9O10S/c39-24-21-43-38(47-34(24)45-26-5-2-4-25(40)32(26)33(41)52)44-22-9-13-48(14-10-22)60(56)20-12-42-29(50)11-15-57-16-17-58-18-19-59-28-6-1-3-23-31(28)37(55)49(36(23)54)27-7-8-30(51)46-35(27)53/h1-6,21-22,27H,7-20H2,(H2,41,52)(H,42,50)(H,46,51,53)(H2,43,44,45,47). The van der Waals surface area contributed by atoms with E-state index in [0.29, 0.717) is 42.2 Å². The van der Waals surface area contributed by atoms with E-state index in [2.05, 4.69) is 47.2 Å². The fourth-order valence-corrected chi connectivity index (χ4v) is 8.16. The molecular formula is C38H43BrFN9O10S. The number of hydrogen-bond acceptors (Lipinski definition) is 15. The fraction of sp³-hybridized carbons (Fsp3) is 0.421. The van der Waals surface area contributed by atoms with E-state index in [1.807, 2.05) is 4.31 Å². The number of carbonyl (C=O) groups is 6. The average molecular weight is 917 g/mol. The first-order valence-electron chi connectivity index (χ1n) is 19.1. The van der Waals surface area contributed by atoms with Gasteiger partial charge in [0.05, 0.1) is 59.8 Å². The second-order valence-electron chi connectivity index (χ2n) is 13.7. The Labute approximate surface area is 355 Å². The van der Waals surface area contributed by atoms with Crippen LogP contribution in [0.15, 0.2) is 47.1 Å². The maximum atomic E-state index is 14.2. The van der Waals surface area contributed by atoms with E-state index in [-0.39, 0.29) is 105 Å². The molecule has 2 aromatic carbocycles. The zero-order chi connectivity index (χ0) is 42.8. The molecule has 3 aromatic rings. The van der Waals surface area contributed by atoms with Gasteiger partial charge in [-0.25, -0.2) is 9.37 Å². The summed E-state index contributed by atoms with van der Waals surface area (Å²) in [4.78, 5) is 83.8. The first kappa shape index (κ1) is 44.3. The van der Waals surface area contributed by atoms with Crippen molar-refractivity contribution in [2.75, 3.05) is 69.1 Å². The molecule has 6 N–H and O–H groups in total. The van der Waals surface area contributed by atoms with E-state index in [1.54, 1.807) is 12.1 Å². The summed E-state index contributed by atoms with van der Waals surface area (Å²) in [5.74, 6) is -3.28. The van der Waals surface area contributed by atoms with Crippen LogP contribution in [0.3, 0.4) is 0 Å². The predicted molar refractivity (Wildman–Crippen MR) is 217 cm³/mol. The van der Waals surface area contributed by atoms with Gasteiger partial charge in [-0.3, -0.25) is 39.0 Å². The van der Waals surface area contributed by atoms with Crippen molar-refractivity contribution in [2.45, 2.75) is 44.2 Å². The Bertz CT molecular complexity index is 2110. The number of piperidine rings is 2. The van der Waals surface area contributed by atoms with Gasteiger partial charge in [-0.05, 0) is 59.5 Å². The van der Waals surface area contributed by atoms with Crippen LogP contribution in [0.2, 0.25) is 0 Å². The van der Waals surface area contributed by atoms with Gasteiger partial charge in [0.25, 0.3) is 17.7 Å². The van der Waals surface area contributed by atoms with E-state index in [4.69, 9.17) is 19.9 Å². The number of carbonyl (C=O) groups excluding carboxylic acids is 6. The minimum absolute atomic E-state index is 0.00200. The van der Waals surface area contributed by atoms with E-state index < -0.39 is 52.8 Å². The summed E-state index contributed by atoms with van der Waals surface area (Å²) in [7, 11) is 0. The highest BCUT2D eigenvalue weighted by atomic mass is 79.9. The number of halogens is 2. The van der Waals surface area contributed by atoms with Crippen molar-refractivity contribution in [3.63, 3.8) is 0 Å². The highest BCUT2D eigenvalue weighted by molar-refractivity contribution is 9.10. The Morgan fingerprint density at radius 2 is 1.73 bits per heavy atom. The van der Waals surface area contributed by atoms with Crippen LogP contribution in [0.25, 0.3) is 0 Å². The van der Waals surface area contributed by atoms with Crippen LogP contribution < -0.4 is 31.7 Å². The number of nitrogens with zero attached hydrogens (tertiary/aromatic N) is 4. The lowest BCUT2D eigenvalue weighted by atomic mass is 10.0. The third-order valence-corrected chi connectivity index (χ3v) is 11.8. The monoisotopic (exact) mass is 915 g/mol. The van der Waals surface area contributed by atoms with Gasteiger partial charge in [0.2, 0.25) is 23.7 Å². The highest BCUT2D eigenvalue weighted by Crippen LogP contribution is 2.34. The predicted octanol–water partition coefficient (Wildman–Crippen LogP) is 1.78. The van der Waals surface area contributed by atoms with E-state index in [1.165, 1.54) is 24.4 Å². The molecule has 1 aromatic heterocycles. The van der Waals surface area contributed by atoms with E-state index in [0.717, 1.165) is 11.0 Å². The molecule has 320 valence electrons. The summed E-state index contributed by atoms with van der Waals surface area (Å²) in [5, 5.41) is 11.1. The van der Waals surface area contributed by atoms with Crippen LogP contribution in [0.4, 0.5) is 21.8 Å². The topological polar surface area (TPSA) is 260 Å². The van der Waals surface area contributed by atoms with Gasteiger partial charge in [0, 0.05) is 49.5 Å². The van der Waals surface area contributed by atoms with Crippen LogP contribution in [0.5, 0.6) is 5.75 Å². The van der Waals surface area contributed by atoms with Crippen molar-refractivity contribution in [1.82, 2.24) is 29.8 Å². The number of nitrogens with two attached hydrogens (primary N) is 1. The summed E-state index contributed by atoms with van der Waals surface area (Å²) >= 11 is 2.07. The summed E-state index contributed by atoms with van der Waals surface area (Å²) in [6, 6.07) is 7.63. The van der Waals surface area contributed by atoms with Gasteiger partial charge in [-0.15, -0.1) is 4.31 Å². The minimum Gasteiger partial charge on any atom is -0.598 e. The molecule has 0 aliphatic carbocycles. The summed E-state index contributed by atoms with van der Waals surface area (Å²) < 4.78 is 46.2. The van der Waals surface area contributed by atoms with Crippen LogP contribution in [0.1, 0.15) is 63.2 Å². The number of amides is 6. The smallest absolute Gasteiger partial charge is 0.266 e. The molecule has 0 spiro atoms. The number of rotatable bonds is 20. The van der Waals surface area contributed by atoms with Gasteiger partial charge in [-0.1, -0.05) is 12.1 Å². The molecule has 3 aliphatic heterocycles. The Morgan fingerprint density at radius 1 is 1.00 bits per heavy atom. The zero-order valence-electron chi connectivity index (χ0n) is 32.2. The van der Waals surface area contributed by atoms with Gasteiger partial charge < -0.3 is 40.4 Å². The van der Waals surface area contributed by atoms with Crippen molar-refractivity contribution in [1.29, 1.82) is 0 Å². The Kier molecular flexibility index (Phi) is 15.4. The second-order valence-corrected chi connectivity index (χ2v) is 16.1. The second kappa shape index (κ2) is 20.8. The Balaban J connectivity index is 0.807. The molecule has 3 aliphatic rings. The van der Waals surface area contributed by atoms with Crippen molar-refractivity contribution in [2.24, 2.45) is 5.73 Å². The number of nitrogens with one attached hydrogen (secondary N) is 4. The molecule has 2 atom stereocenters. The van der Waals surface area contributed by atoms with E-state index >= 15 is 0 Å². The number of hydrogen-bond donors (Lipinski definition) is 5. The molecule has 4 heterocycles. The lowest BCUT2D eigenvalue weighted by molar-refractivity contribution is -0.136. The molecule has 6 amide bonds. The third kappa shape index (κ3) is 11.1. The van der Waals surface area contributed by atoms with Gasteiger partial charge in [0.1, 0.15) is 35.8 Å². The SMILES string of the molecule is NC(=O)c1c(F)cccc1Nc1nc(NC2CCN([S+]([O-])CCNC(=O)CCOCCOCCOc3cccc4c3C(=O)N(C3CCC(=O)NC3=O)C4=O)CC2)ncc1Br. The summed E-state index contributed by atoms with van der Waals surface area (Å²) in [5.41, 5.74) is 5.42. The summed E-state index contributed by atoms with van der Waals surface area (Å²) in [6.45, 7) is 2.14. The van der Waals surface area contributed by atoms with Gasteiger partial charge >= 0.3 is 0 Å². The minimum atomic E-state index is -1.30. The Morgan fingerprint density at radius 3 is 2.48 bits per heavy atom. The molecular weight excluding hydrogens is 873 g/mol. The third-order valence-electron chi connectivity index (χ3n) is 9.69. The normalized spacial score (nSPS) is 17.6. The number of imide groups is 2. The molecule has 2 fully saturated rings. The van der Waals surface area contributed by atoms with Crippen molar-refractivity contribution >= 4 is 80.2 Å². The Hall–Kier alpha value is -5.26. The van der Waals surface area contributed by atoms with Crippen molar-refractivity contribution in [3.8, 4) is 5.75 Å². The molecule has 0 saturated carbocycles. The van der Waals surface area contributed by atoms with Gasteiger partial charge in [0.15, 0.2) is 0 Å². The zero-order valence-corrected chi connectivity index (χ0v) is 34.6. The van der Waals surface area contributed by atoms with Crippen LogP contribution >= 0.6 is 15.9 Å². The quantitative estimate of drug-likeness (QED) is 0.0615. The number of aromatic nitrogens is 2. The largest absolute Gasteiger partial charge is 0.598 e. The first-order valence-corrected chi connectivity index (χ1v) is 21.2. The first-order chi connectivity index (χ1) is 28.9. The van der Waals surface area contributed by atoms with Crippen molar-refractivity contribution in [3.05, 3.63) is 69.6 Å². The fourth-order valence-electron chi connectivity index (χ4n) is 6.71. The molecule has 6 rings (SSSR count). The molecule has 19 nitrogen and oxygen atoms in total. The number of fused-ring (bicyclic) bond motifs is 1. The molecule has 0 radical (unpaired) electrons. The lowest BCUT2D eigenvalue weighted by Crippen LogP contribution is -2.54. The van der Waals surface area contributed by atoms with Gasteiger partial charge in [-0.2, -0.15) is 4.98 Å². The summed E-state index contributed by atoms with van der Waals surface area (Å²) in [6.07, 6.45) is 3.03. The van der Waals surface area contributed by atoms with Crippen LogP contribution in [-0.4, -0.2) is 130 Å². The molecule has 0 bridgehead atoms. The number of anilines is 3. The maximum Gasteiger partial charge on any atom is 0.266 e. The number of benzene rings is 2. The van der Waals surface area contributed by atoms with Crippen LogP contribution in [0, 0.1) is 5.82 Å². The van der Waals surface area contributed by atoms with Crippen LogP contribution in [-0.2, 0) is 35.2 Å². The average Bonchev–Trinajstić information content (AvgIpc) is 3.47. The number of primary amides is 1. The molecule has 2 unspecified atom stereocenters. The van der Waals surface area contributed by atoms with Crippen molar-refractivity contribution < 1.29 is 51.9 Å². The number of ether oxygens (including phenoxy) is 3. The lowest BCUT2D eigenvalue weighted by Gasteiger charge is -2.32. The molecule has 22 heteroatoms. The maximum absolute atomic E-state index is 14.2. The van der Waals surface area contributed by atoms with E-state index in [9.17, 15) is 37.7 Å². The highest BCUT2D eigenvalue weighted by Gasteiger charge is 2.46.